The summed E-state index contributed by atoms with van der Waals surface area (Å²) in [5.74, 6) is -1.72. The number of hydrogen-bond donors (Lipinski definition) is 1. The number of rotatable bonds is 5. The van der Waals surface area contributed by atoms with Gasteiger partial charge in [-0.1, -0.05) is 6.07 Å². The van der Waals surface area contributed by atoms with E-state index in [0.717, 1.165) is 6.07 Å². The van der Waals surface area contributed by atoms with Crippen molar-refractivity contribution in [2.24, 2.45) is 0 Å². The van der Waals surface area contributed by atoms with Crippen LogP contribution < -0.4 is 4.74 Å². The molecule has 4 rings (SSSR count). The Kier molecular flexibility index (Phi) is 5.10. The second kappa shape index (κ2) is 7.87. The van der Waals surface area contributed by atoms with Crippen molar-refractivity contribution in [2.45, 2.75) is 6.92 Å². The number of carboxylic acid groups (broad SMARTS) is 1. The molecule has 0 aliphatic carbocycles. The third-order valence-corrected chi connectivity index (χ3v) is 4.59. The normalized spacial score (nSPS) is 10.9. The molecule has 2 heterocycles. The summed E-state index contributed by atoms with van der Waals surface area (Å²) in [5, 5.41) is 9.71. The highest BCUT2D eigenvalue weighted by molar-refractivity contribution is 6.03. The molecule has 7 heteroatoms. The Labute approximate surface area is 170 Å². The van der Waals surface area contributed by atoms with Crippen molar-refractivity contribution in [1.82, 2.24) is 9.97 Å². The number of carbonyl (C=O) groups is 1. The van der Waals surface area contributed by atoms with Gasteiger partial charge < -0.3 is 9.84 Å². The van der Waals surface area contributed by atoms with Gasteiger partial charge in [0, 0.05) is 28.8 Å². The lowest BCUT2D eigenvalue weighted by Gasteiger charge is -2.09. The van der Waals surface area contributed by atoms with Crippen LogP contribution >= 0.6 is 0 Å². The molecule has 1 N–H and O–H groups in total. The van der Waals surface area contributed by atoms with E-state index in [0.29, 0.717) is 40.4 Å². The number of fused-ring (bicyclic) bond motifs is 1. The molecule has 0 atom stereocenters. The lowest BCUT2D eigenvalue weighted by molar-refractivity contribution is 0.0699. The number of ether oxygens (including phenoxy) is 1. The Morgan fingerprint density at radius 2 is 1.87 bits per heavy atom. The number of aromatic carboxylic acids is 1. The lowest BCUT2D eigenvalue weighted by Crippen LogP contribution is -2.01. The van der Waals surface area contributed by atoms with Crippen LogP contribution in [0.5, 0.6) is 5.75 Å². The first-order chi connectivity index (χ1) is 14.5. The summed E-state index contributed by atoms with van der Waals surface area (Å²) in [7, 11) is 0. The molecule has 0 fully saturated rings. The summed E-state index contributed by atoms with van der Waals surface area (Å²) >= 11 is 0. The highest BCUT2D eigenvalue weighted by atomic mass is 19.1. The van der Waals surface area contributed by atoms with Crippen LogP contribution in [0.3, 0.4) is 0 Å². The minimum atomic E-state index is -1.19. The number of carboxylic acids is 1. The number of hydrogen-bond acceptors (Lipinski definition) is 4. The molecule has 0 aliphatic rings. The molecule has 0 spiro atoms. The Bertz CT molecular complexity index is 1260. The zero-order valence-electron chi connectivity index (χ0n) is 15.9. The van der Waals surface area contributed by atoms with E-state index in [9.17, 15) is 18.7 Å². The smallest absolute Gasteiger partial charge is 0.336 e. The zero-order chi connectivity index (χ0) is 21.3. The topological polar surface area (TPSA) is 72.3 Å². The van der Waals surface area contributed by atoms with Gasteiger partial charge in [-0.3, -0.25) is 4.98 Å². The van der Waals surface area contributed by atoms with E-state index in [4.69, 9.17) is 4.74 Å². The summed E-state index contributed by atoms with van der Waals surface area (Å²) in [6, 6.07) is 13.1. The first-order valence-corrected chi connectivity index (χ1v) is 9.19. The Hall–Kier alpha value is -3.87. The SMILES string of the molecule is CCOc1ccc(-c2ccc(-c3cc(C(=O)O)c4cc(F)ccc4n3)nc2)c(F)c1. The molecule has 4 aromatic rings. The van der Waals surface area contributed by atoms with E-state index >= 15 is 0 Å². The molecule has 0 saturated heterocycles. The largest absolute Gasteiger partial charge is 0.494 e. The maximum atomic E-state index is 14.4. The van der Waals surface area contributed by atoms with Gasteiger partial charge in [-0.2, -0.15) is 0 Å². The summed E-state index contributed by atoms with van der Waals surface area (Å²) in [5.41, 5.74) is 1.93. The first-order valence-electron chi connectivity index (χ1n) is 9.19. The minimum Gasteiger partial charge on any atom is -0.494 e. The fourth-order valence-electron chi connectivity index (χ4n) is 3.20. The second-order valence-corrected chi connectivity index (χ2v) is 6.53. The Balaban J connectivity index is 1.73. The first kappa shape index (κ1) is 19.4. The highest BCUT2D eigenvalue weighted by Crippen LogP contribution is 2.29. The number of aromatic nitrogens is 2. The summed E-state index contributed by atoms with van der Waals surface area (Å²) < 4.78 is 33.2. The quantitative estimate of drug-likeness (QED) is 0.484. The van der Waals surface area contributed by atoms with Gasteiger partial charge >= 0.3 is 5.97 Å². The maximum absolute atomic E-state index is 14.4. The predicted molar refractivity (Wildman–Crippen MR) is 108 cm³/mol. The van der Waals surface area contributed by atoms with Crippen LogP contribution in [0, 0.1) is 11.6 Å². The average molecular weight is 406 g/mol. The van der Waals surface area contributed by atoms with Crippen LogP contribution in [0.1, 0.15) is 17.3 Å². The van der Waals surface area contributed by atoms with Gasteiger partial charge in [0.15, 0.2) is 0 Å². The zero-order valence-corrected chi connectivity index (χ0v) is 15.9. The molecular formula is C23H16F2N2O3. The lowest BCUT2D eigenvalue weighted by atomic mass is 10.0. The third kappa shape index (κ3) is 3.69. The molecule has 0 radical (unpaired) electrons. The summed E-state index contributed by atoms with van der Waals surface area (Å²) in [4.78, 5) is 20.4. The molecule has 0 bridgehead atoms. The number of benzene rings is 2. The molecule has 0 saturated carbocycles. The van der Waals surface area contributed by atoms with E-state index in [1.807, 2.05) is 6.92 Å². The average Bonchev–Trinajstić information content (AvgIpc) is 2.73. The second-order valence-electron chi connectivity index (χ2n) is 6.53. The van der Waals surface area contributed by atoms with Crippen molar-refractivity contribution in [3.05, 3.63) is 78.0 Å². The van der Waals surface area contributed by atoms with Gasteiger partial charge in [-0.25, -0.2) is 18.6 Å². The van der Waals surface area contributed by atoms with Gasteiger partial charge in [0.1, 0.15) is 17.4 Å². The molecule has 150 valence electrons. The molecule has 0 amide bonds. The fourth-order valence-corrected chi connectivity index (χ4v) is 3.20. The third-order valence-electron chi connectivity index (χ3n) is 4.59. The molecule has 5 nitrogen and oxygen atoms in total. The summed E-state index contributed by atoms with van der Waals surface area (Å²) in [6.07, 6.45) is 1.49. The standard InChI is InChI=1S/C23H16F2N2O3/c1-2-30-15-5-6-16(19(25)10-15)13-3-7-21(26-12-13)22-11-18(23(28)29)17-9-14(24)4-8-20(17)27-22/h3-12H,2H2,1H3,(H,28,29). The number of halogens is 2. The van der Waals surface area contributed by atoms with Crippen LogP contribution in [-0.4, -0.2) is 27.7 Å². The van der Waals surface area contributed by atoms with Crippen molar-refractivity contribution in [3.8, 4) is 28.3 Å². The highest BCUT2D eigenvalue weighted by Gasteiger charge is 2.15. The molecule has 30 heavy (non-hydrogen) atoms. The van der Waals surface area contributed by atoms with Crippen LogP contribution in [0.15, 0.2) is 60.8 Å². The van der Waals surface area contributed by atoms with Crippen LogP contribution in [0.25, 0.3) is 33.4 Å². The van der Waals surface area contributed by atoms with Crippen molar-refractivity contribution in [2.75, 3.05) is 6.61 Å². The maximum Gasteiger partial charge on any atom is 0.336 e. The van der Waals surface area contributed by atoms with Gasteiger partial charge in [0.2, 0.25) is 0 Å². The minimum absolute atomic E-state index is 0.0714. The molecule has 0 unspecified atom stereocenters. The van der Waals surface area contributed by atoms with Gasteiger partial charge in [-0.05, 0) is 49.4 Å². The summed E-state index contributed by atoms with van der Waals surface area (Å²) in [6.45, 7) is 2.26. The van der Waals surface area contributed by atoms with Gasteiger partial charge in [0.25, 0.3) is 0 Å². The molecule has 2 aromatic heterocycles. The van der Waals surface area contributed by atoms with E-state index in [-0.39, 0.29) is 10.9 Å². The molecule has 2 aromatic carbocycles. The van der Waals surface area contributed by atoms with Gasteiger partial charge in [-0.15, -0.1) is 0 Å². The number of pyridine rings is 2. The molecular weight excluding hydrogens is 390 g/mol. The van der Waals surface area contributed by atoms with Crippen molar-refractivity contribution in [1.29, 1.82) is 0 Å². The van der Waals surface area contributed by atoms with E-state index < -0.39 is 17.6 Å². The fraction of sp³-hybridized carbons (Fsp3) is 0.0870. The van der Waals surface area contributed by atoms with Crippen LogP contribution in [0.2, 0.25) is 0 Å². The van der Waals surface area contributed by atoms with Gasteiger partial charge in [0.05, 0.1) is 29.1 Å². The van der Waals surface area contributed by atoms with E-state index in [2.05, 4.69) is 9.97 Å². The van der Waals surface area contributed by atoms with Crippen molar-refractivity contribution < 1.29 is 23.4 Å². The van der Waals surface area contributed by atoms with E-state index in [1.165, 1.54) is 30.5 Å². The Morgan fingerprint density at radius 3 is 2.53 bits per heavy atom. The van der Waals surface area contributed by atoms with Crippen molar-refractivity contribution in [3.63, 3.8) is 0 Å². The van der Waals surface area contributed by atoms with Crippen molar-refractivity contribution >= 4 is 16.9 Å². The Morgan fingerprint density at radius 1 is 1.03 bits per heavy atom. The predicted octanol–water partition coefficient (Wildman–Crippen LogP) is 5.34. The van der Waals surface area contributed by atoms with Crippen LogP contribution in [-0.2, 0) is 0 Å². The van der Waals surface area contributed by atoms with E-state index in [1.54, 1.807) is 24.3 Å². The molecule has 0 aliphatic heterocycles. The van der Waals surface area contributed by atoms with Crippen LogP contribution in [0.4, 0.5) is 8.78 Å². The monoisotopic (exact) mass is 406 g/mol. The number of nitrogens with zero attached hydrogens (tertiary/aromatic N) is 2.